The van der Waals surface area contributed by atoms with Crippen LogP contribution in [0.2, 0.25) is 0 Å². The lowest BCUT2D eigenvalue weighted by atomic mass is 10.1. The predicted octanol–water partition coefficient (Wildman–Crippen LogP) is 7.09. The molecule has 0 N–H and O–H groups in total. The highest BCUT2D eigenvalue weighted by atomic mass is 16.5. The number of ether oxygens (including phenoxy) is 2. The Morgan fingerprint density at radius 1 is 1.03 bits per heavy atom. The van der Waals surface area contributed by atoms with Crippen molar-refractivity contribution in [3.8, 4) is 16.9 Å². The first-order valence-corrected chi connectivity index (χ1v) is 10.8. The highest BCUT2D eigenvalue weighted by Crippen LogP contribution is 2.22. The van der Waals surface area contributed by atoms with Gasteiger partial charge in [-0.05, 0) is 62.4 Å². The second-order valence-corrected chi connectivity index (χ2v) is 7.32. The molecule has 3 nitrogen and oxygen atoms in total. The Kier molecular flexibility index (Phi) is 10.8. The molecule has 0 saturated carbocycles. The molecule has 156 valence electrons. The third kappa shape index (κ3) is 9.10. The number of unbranched alkanes of at least 4 members (excludes halogenated alkanes) is 3. The lowest BCUT2D eigenvalue weighted by Gasteiger charge is -2.11. The molecule has 2 rings (SSSR count). The largest absolute Gasteiger partial charge is 0.490 e. The van der Waals surface area contributed by atoms with Crippen molar-refractivity contribution in [3.63, 3.8) is 0 Å². The van der Waals surface area contributed by atoms with Gasteiger partial charge < -0.3 is 9.47 Å². The molecule has 0 aliphatic rings. The number of benzene rings is 1. The summed E-state index contributed by atoms with van der Waals surface area (Å²) in [5.74, 6) is 0.849. The number of nitrogens with zero attached hydrogens (tertiary/aromatic N) is 1. The molecule has 2 aromatic rings. The smallest absolute Gasteiger partial charge is 0.119 e. The van der Waals surface area contributed by atoms with E-state index in [0.29, 0.717) is 12.7 Å². The molecule has 0 fully saturated rings. The van der Waals surface area contributed by atoms with E-state index in [2.05, 4.69) is 61.8 Å². The average molecular weight is 394 g/mol. The Hall–Kier alpha value is -2.39. The minimum absolute atomic E-state index is 0.353. The molecule has 3 heteroatoms. The van der Waals surface area contributed by atoms with E-state index in [1.807, 2.05) is 18.3 Å². The molecule has 29 heavy (non-hydrogen) atoms. The first-order valence-electron chi connectivity index (χ1n) is 10.8. The van der Waals surface area contributed by atoms with Crippen LogP contribution in [0.1, 0.15) is 58.1 Å². The molecule has 1 atom stereocenters. The Morgan fingerprint density at radius 2 is 1.83 bits per heavy atom. The molecule has 1 heterocycles. The fourth-order valence-corrected chi connectivity index (χ4v) is 3.02. The summed E-state index contributed by atoms with van der Waals surface area (Å²) < 4.78 is 11.4. The Balaban J connectivity index is 1.72. The topological polar surface area (TPSA) is 31.4 Å². The summed E-state index contributed by atoms with van der Waals surface area (Å²) >= 11 is 0. The van der Waals surface area contributed by atoms with Gasteiger partial charge in [-0.25, -0.2) is 0 Å². The van der Waals surface area contributed by atoms with Crippen molar-refractivity contribution in [3.05, 3.63) is 67.0 Å². The van der Waals surface area contributed by atoms with E-state index in [9.17, 15) is 0 Å². The van der Waals surface area contributed by atoms with Gasteiger partial charge in [0.05, 0.1) is 11.8 Å². The molecule has 0 saturated heterocycles. The molecule has 1 aromatic heterocycles. The van der Waals surface area contributed by atoms with Crippen LogP contribution in [0.4, 0.5) is 0 Å². The Morgan fingerprint density at radius 3 is 2.52 bits per heavy atom. The van der Waals surface area contributed by atoms with Gasteiger partial charge in [0.1, 0.15) is 12.4 Å². The van der Waals surface area contributed by atoms with E-state index >= 15 is 0 Å². The maximum atomic E-state index is 5.84. The highest BCUT2D eigenvalue weighted by Gasteiger charge is 2.01. The molecule has 0 aliphatic carbocycles. The minimum Gasteiger partial charge on any atom is -0.490 e. The van der Waals surface area contributed by atoms with Crippen LogP contribution in [0.5, 0.6) is 5.75 Å². The maximum Gasteiger partial charge on any atom is 0.119 e. The van der Waals surface area contributed by atoms with E-state index < -0.39 is 0 Å². The standard InChI is InChI=1S/C26H35NO2/c1-4-6-10-20-28-22(3)11-8-7-9-12-25-16-13-24(21-27-25)23-14-17-26(18-15-23)29-19-5-2/h5,9,12-18,21-22H,2,4,6-8,10-11,19-20H2,1,3H3. The molecule has 0 radical (unpaired) electrons. The van der Waals surface area contributed by atoms with Crippen LogP contribution >= 0.6 is 0 Å². The second-order valence-electron chi connectivity index (χ2n) is 7.32. The summed E-state index contributed by atoms with van der Waals surface area (Å²) in [5.41, 5.74) is 3.22. The summed E-state index contributed by atoms with van der Waals surface area (Å²) in [5, 5.41) is 0. The normalized spacial score (nSPS) is 12.2. The van der Waals surface area contributed by atoms with Gasteiger partial charge in [-0.3, -0.25) is 4.98 Å². The Labute approximate surface area is 176 Å². The van der Waals surface area contributed by atoms with E-state index in [-0.39, 0.29) is 0 Å². The fourth-order valence-electron chi connectivity index (χ4n) is 3.02. The van der Waals surface area contributed by atoms with Gasteiger partial charge in [0.15, 0.2) is 0 Å². The number of pyridine rings is 1. The van der Waals surface area contributed by atoms with Crippen LogP contribution in [-0.2, 0) is 4.74 Å². The zero-order valence-electron chi connectivity index (χ0n) is 18.0. The molecule has 1 unspecified atom stereocenters. The first-order chi connectivity index (χ1) is 14.2. The summed E-state index contributed by atoms with van der Waals surface area (Å²) in [6.45, 7) is 9.47. The summed E-state index contributed by atoms with van der Waals surface area (Å²) in [4.78, 5) is 4.56. The van der Waals surface area contributed by atoms with Gasteiger partial charge in [-0.2, -0.15) is 0 Å². The number of hydrogen-bond donors (Lipinski definition) is 0. The van der Waals surface area contributed by atoms with Gasteiger partial charge in [-0.15, -0.1) is 0 Å². The lowest BCUT2D eigenvalue weighted by molar-refractivity contribution is 0.0566. The van der Waals surface area contributed by atoms with Crippen molar-refractivity contribution in [2.24, 2.45) is 0 Å². The van der Waals surface area contributed by atoms with E-state index in [4.69, 9.17) is 9.47 Å². The van der Waals surface area contributed by atoms with Gasteiger partial charge >= 0.3 is 0 Å². The van der Waals surface area contributed by atoms with Crippen molar-refractivity contribution in [1.29, 1.82) is 0 Å². The zero-order valence-corrected chi connectivity index (χ0v) is 18.0. The van der Waals surface area contributed by atoms with Crippen molar-refractivity contribution in [2.45, 2.75) is 58.5 Å². The molecule has 1 aromatic carbocycles. The van der Waals surface area contributed by atoms with Crippen LogP contribution < -0.4 is 4.74 Å². The molecular weight excluding hydrogens is 358 g/mol. The average Bonchev–Trinajstić information content (AvgIpc) is 2.76. The maximum absolute atomic E-state index is 5.84. The van der Waals surface area contributed by atoms with Gasteiger partial charge in [-0.1, -0.05) is 56.7 Å². The molecule has 0 amide bonds. The van der Waals surface area contributed by atoms with Crippen molar-refractivity contribution < 1.29 is 9.47 Å². The summed E-state index contributed by atoms with van der Waals surface area (Å²) in [6, 6.07) is 12.2. The second kappa shape index (κ2) is 13.7. The molecule has 0 spiro atoms. The number of allylic oxidation sites excluding steroid dienone is 1. The fraction of sp³-hybridized carbons (Fsp3) is 0.423. The van der Waals surface area contributed by atoms with Crippen LogP contribution in [0.3, 0.4) is 0 Å². The third-order valence-corrected chi connectivity index (χ3v) is 4.76. The van der Waals surface area contributed by atoms with Gasteiger partial charge in [0, 0.05) is 18.4 Å². The van der Waals surface area contributed by atoms with E-state index in [0.717, 1.165) is 48.4 Å². The third-order valence-electron chi connectivity index (χ3n) is 4.76. The van der Waals surface area contributed by atoms with Crippen molar-refractivity contribution in [1.82, 2.24) is 4.98 Å². The monoisotopic (exact) mass is 393 g/mol. The number of aromatic nitrogens is 1. The van der Waals surface area contributed by atoms with Gasteiger partial charge in [0.2, 0.25) is 0 Å². The summed E-state index contributed by atoms with van der Waals surface area (Å²) in [6.07, 6.45) is 15.3. The van der Waals surface area contributed by atoms with Crippen molar-refractivity contribution >= 4 is 6.08 Å². The predicted molar refractivity (Wildman–Crippen MR) is 123 cm³/mol. The van der Waals surface area contributed by atoms with Crippen LogP contribution in [0.25, 0.3) is 17.2 Å². The van der Waals surface area contributed by atoms with E-state index in [1.165, 1.54) is 19.3 Å². The molecule has 0 aliphatic heterocycles. The first kappa shape index (κ1) is 22.9. The SMILES string of the molecule is C=CCOc1ccc(-c2ccc(C=CCCCC(C)OCCCCC)nc2)cc1. The molecule has 0 bridgehead atoms. The molecular formula is C26H35NO2. The minimum atomic E-state index is 0.353. The van der Waals surface area contributed by atoms with Crippen LogP contribution in [-0.4, -0.2) is 24.3 Å². The highest BCUT2D eigenvalue weighted by molar-refractivity contribution is 5.64. The Bertz CT molecular complexity index is 719. The van der Waals surface area contributed by atoms with Gasteiger partial charge in [0.25, 0.3) is 0 Å². The number of rotatable bonds is 14. The van der Waals surface area contributed by atoms with Crippen LogP contribution in [0, 0.1) is 0 Å². The summed E-state index contributed by atoms with van der Waals surface area (Å²) in [7, 11) is 0. The lowest BCUT2D eigenvalue weighted by Crippen LogP contribution is -2.08. The number of hydrogen-bond acceptors (Lipinski definition) is 3. The van der Waals surface area contributed by atoms with Crippen molar-refractivity contribution in [2.75, 3.05) is 13.2 Å². The quantitative estimate of drug-likeness (QED) is 0.253. The van der Waals surface area contributed by atoms with E-state index in [1.54, 1.807) is 6.08 Å². The van der Waals surface area contributed by atoms with Crippen LogP contribution in [0.15, 0.2) is 61.3 Å². The zero-order chi connectivity index (χ0) is 20.7.